The van der Waals surface area contributed by atoms with Crippen LogP contribution in [0.2, 0.25) is 0 Å². The van der Waals surface area contributed by atoms with Gasteiger partial charge in [0.15, 0.2) is 0 Å². The van der Waals surface area contributed by atoms with Gasteiger partial charge >= 0.3 is 0 Å². The van der Waals surface area contributed by atoms with Crippen LogP contribution in [0.5, 0.6) is 0 Å². The predicted molar refractivity (Wildman–Crippen MR) is 61.8 cm³/mol. The van der Waals surface area contributed by atoms with Crippen molar-refractivity contribution in [3.63, 3.8) is 0 Å². The third-order valence-corrected chi connectivity index (χ3v) is 2.24. The first kappa shape index (κ1) is 12.2. The van der Waals surface area contributed by atoms with Crippen molar-refractivity contribution in [3.05, 3.63) is 36.5 Å². The molecule has 0 N–H and O–H groups in total. The Morgan fingerprint density at radius 3 is 2.23 bits per heavy atom. The van der Waals surface area contributed by atoms with E-state index in [4.69, 9.17) is 0 Å². The molecule has 0 aliphatic carbocycles. The molecule has 0 rings (SSSR count). The van der Waals surface area contributed by atoms with Crippen molar-refractivity contribution in [3.8, 4) is 0 Å². The maximum atomic E-state index is 4.09. The summed E-state index contributed by atoms with van der Waals surface area (Å²) < 4.78 is 0. The molecule has 1 atom stereocenters. The molecule has 13 heavy (non-hydrogen) atoms. The second-order valence-corrected chi connectivity index (χ2v) is 3.65. The highest BCUT2D eigenvalue weighted by Crippen LogP contribution is 2.20. The molecule has 0 aromatic carbocycles. The molecule has 0 nitrogen and oxygen atoms in total. The molecule has 0 aromatic rings. The van der Waals surface area contributed by atoms with Crippen LogP contribution in [-0.2, 0) is 0 Å². The third-order valence-electron chi connectivity index (χ3n) is 2.24. The van der Waals surface area contributed by atoms with Gasteiger partial charge in [-0.05, 0) is 25.7 Å². The lowest BCUT2D eigenvalue weighted by Crippen LogP contribution is -1.99. The van der Waals surface area contributed by atoms with E-state index in [1.807, 2.05) is 13.0 Å². The molecular formula is C13H22. The SMILES string of the molecule is C=C(C)/C=C\C(=C)C(CC)CCC. The van der Waals surface area contributed by atoms with E-state index in [-0.39, 0.29) is 0 Å². The number of rotatable bonds is 6. The van der Waals surface area contributed by atoms with Crippen molar-refractivity contribution < 1.29 is 0 Å². The summed E-state index contributed by atoms with van der Waals surface area (Å²) in [6, 6.07) is 0. The summed E-state index contributed by atoms with van der Waals surface area (Å²) in [5, 5.41) is 0. The van der Waals surface area contributed by atoms with Gasteiger partial charge in [-0.2, -0.15) is 0 Å². The van der Waals surface area contributed by atoms with Gasteiger partial charge in [-0.25, -0.2) is 0 Å². The second kappa shape index (κ2) is 6.71. The summed E-state index contributed by atoms with van der Waals surface area (Å²) in [7, 11) is 0. The highest BCUT2D eigenvalue weighted by molar-refractivity contribution is 5.24. The molecule has 0 heterocycles. The quantitative estimate of drug-likeness (QED) is 0.525. The lowest BCUT2D eigenvalue weighted by molar-refractivity contribution is 0.545. The van der Waals surface area contributed by atoms with Gasteiger partial charge in [0.1, 0.15) is 0 Å². The first-order chi connectivity index (χ1) is 6.11. The molecule has 0 heteroatoms. The van der Waals surface area contributed by atoms with E-state index in [1.165, 1.54) is 24.8 Å². The summed E-state index contributed by atoms with van der Waals surface area (Å²) in [5.74, 6) is 0.653. The molecular weight excluding hydrogens is 156 g/mol. The van der Waals surface area contributed by atoms with Crippen LogP contribution in [0.3, 0.4) is 0 Å². The Morgan fingerprint density at radius 1 is 1.23 bits per heavy atom. The number of hydrogen-bond donors (Lipinski definition) is 0. The molecule has 0 aromatic heterocycles. The highest BCUT2D eigenvalue weighted by atomic mass is 14.1. The third kappa shape index (κ3) is 5.46. The Balaban J connectivity index is 4.13. The fraction of sp³-hybridized carbons (Fsp3) is 0.538. The highest BCUT2D eigenvalue weighted by Gasteiger charge is 2.05. The Kier molecular flexibility index (Phi) is 6.30. The monoisotopic (exact) mass is 178 g/mol. The van der Waals surface area contributed by atoms with Crippen LogP contribution >= 0.6 is 0 Å². The summed E-state index contributed by atoms with van der Waals surface area (Å²) in [6.07, 6.45) is 7.81. The maximum Gasteiger partial charge on any atom is -0.0171 e. The summed E-state index contributed by atoms with van der Waals surface area (Å²) in [5.41, 5.74) is 2.33. The van der Waals surface area contributed by atoms with E-state index >= 15 is 0 Å². The zero-order valence-corrected chi connectivity index (χ0v) is 9.27. The first-order valence-electron chi connectivity index (χ1n) is 5.14. The van der Waals surface area contributed by atoms with E-state index in [0.29, 0.717) is 5.92 Å². The van der Waals surface area contributed by atoms with E-state index in [9.17, 15) is 0 Å². The maximum absolute atomic E-state index is 4.09. The summed E-state index contributed by atoms with van der Waals surface area (Å²) in [6.45, 7) is 14.4. The van der Waals surface area contributed by atoms with Crippen LogP contribution in [0.4, 0.5) is 0 Å². The molecule has 0 fully saturated rings. The minimum absolute atomic E-state index is 0.653. The van der Waals surface area contributed by atoms with E-state index in [2.05, 4.69) is 33.1 Å². The fourth-order valence-corrected chi connectivity index (χ4v) is 1.39. The van der Waals surface area contributed by atoms with Crippen LogP contribution in [0.15, 0.2) is 36.5 Å². The molecule has 0 amide bonds. The molecule has 0 saturated carbocycles. The van der Waals surface area contributed by atoms with Gasteiger partial charge in [0.25, 0.3) is 0 Å². The van der Waals surface area contributed by atoms with Crippen molar-refractivity contribution in [2.75, 3.05) is 0 Å². The van der Waals surface area contributed by atoms with Gasteiger partial charge < -0.3 is 0 Å². The Bertz CT molecular complexity index is 196. The number of hydrogen-bond acceptors (Lipinski definition) is 0. The van der Waals surface area contributed by atoms with Crippen molar-refractivity contribution in [1.82, 2.24) is 0 Å². The van der Waals surface area contributed by atoms with Crippen LogP contribution < -0.4 is 0 Å². The van der Waals surface area contributed by atoms with E-state index in [0.717, 1.165) is 5.57 Å². The van der Waals surface area contributed by atoms with Gasteiger partial charge in [-0.1, -0.05) is 56.7 Å². The average molecular weight is 178 g/mol. The summed E-state index contributed by atoms with van der Waals surface area (Å²) in [4.78, 5) is 0. The van der Waals surface area contributed by atoms with Crippen molar-refractivity contribution in [2.24, 2.45) is 5.92 Å². The van der Waals surface area contributed by atoms with Gasteiger partial charge in [0.05, 0.1) is 0 Å². The second-order valence-electron chi connectivity index (χ2n) is 3.65. The minimum Gasteiger partial charge on any atom is -0.0961 e. The lowest BCUT2D eigenvalue weighted by atomic mass is 9.92. The molecule has 0 saturated heterocycles. The van der Waals surface area contributed by atoms with Crippen molar-refractivity contribution in [1.29, 1.82) is 0 Å². The summed E-state index contributed by atoms with van der Waals surface area (Å²) >= 11 is 0. The Hall–Kier alpha value is -0.780. The van der Waals surface area contributed by atoms with Gasteiger partial charge in [0, 0.05) is 0 Å². The smallest absolute Gasteiger partial charge is 0.0171 e. The molecule has 74 valence electrons. The van der Waals surface area contributed by atoms with Crippen molar-refractivity contribution >= 4 is 0 Å². The van der Waals surface area contributed by atoms with Gasteiger partial charge in [-0.15, -0.1) is 0 Å². The standard InChI is InChI=1S/C13H22/c1-6-8-13(7-2)12(5)10-9-11(3)4/h9-10,13H,3,5-8H2,1-2,4H3/b10-9-. The average Bonchev–Trinajstić information content (AvgIpc) is 2.10. The Labute approximate surface area is 83.0 Å². The van der Waals surface area contributed by atoms with Crippen LogP contribution in [0.1, 0.15) is 40.0 Å². The zero-order chi connectivity index (χ0) is 10.3. The van der Waals surface area contributed by atoms with Crippen molar-refractivity contribution in [2.45, 2.75) is 40.0 Å². The molecule has 0 bridgehead atoms. The fourth-order valence-electron chi connectivity index (χ4n) is 1.39. The van der Waals surface area contributed by atoms with E-state index in [1.54, 1.807) is 0 Å². The van der Waals surface area contributed by atoms with Crippen LogP contribution in [-0.4, -0.2) is 0 Å². The van der Waals surface area contributed by atoms with Crippen LogP contribution in [0, 0.1) is 5.92 Å². The molecule has 0 radical (unpaired) electrons. The minimum atomic E-state index is 0.653. The van der Waals surface area contributed by atoms with E-state index < -0.39 is 0 Å². The zero-order valence-electron chi connectivity index (χ0n) is 9.27. The van der Waals surface area contributed by atoms with Gasteiger partial charge in [0.2, 0.25) is 0 Å². The lowest BCUT2D eigenvalue weighted by Gasteiger charge is -2.13. The molecule has 1 unspecified atom stereocenters. The molecule has 0 aliphatic heterocycles. The number of allylic oxidation sites excluding steroid dienone is 4. The Morgan fingerprint density at radius 2 is 1.85 bits per heavy atom. The first-order valence-corrected chi connectivity index (χ1v) is 5.14. The predicted octanol–water partition coefficient (Wildman–Crippen LogP) is 4.50. The molecule has 0 aliphatic rings. The van der Waals surface area contributed by atoms with Gasteiger partial charge in [-0.3, -0.25) is 0 Å². The van der Waals surface area contributed by atoms with Crippen LogP contribution in [0.25, 0.3) is 0 Å². The largest absolute Gasteiger partial charge is 0.0961 e. The topological polar surface area (TPSA) is 0 Å². The normalized spacial score (nSPS) is 13.2. The molecule has 0 spiro atoms.